The molecule has 0 unspecified atom stereocenters. The molecule has 0 N–H and O–H groups in total. The molecule has 0 aliphatic rings. The average molecular weight is 671 g/mol. The molecule has 4 heteroatoms. The molecule has 4 heterocycles. The van der Waals surface area contributed by atoms with Gasteiger partial charge in [0.1, 0.15) is 0 Å². The standard InChI is InChI=1S/C18H14N2.C17H12N2.C13H12/c1-13-8-10-14(11-9-13)20-16-6-3-2-5-15(16)18-17(20)7-4-12-19-18;1-2-7-13(8-3-1)19-15-10-5-4-9-14(15)17-16(19)11-6-12-18-17;1-11-7-9-13(10-8-11)12-5-3-2-4-6-12/h2-12H,1H3;1-12H;2-10H,1H3. The van der Waals surface area contributed by atoms with Gasteiger partial charge in [0.05, 0.1) is 33.1 Å². The number of fused-ring (bicyclic) bond motifs is 6. The van der Waals surface area contributed by atoms with Crippen molar-refractivity contribution < 1.29 is 0 Å². The van der Waals surface area contributed by atoms with Gasteiger partial charge in [0.2, 0.25) is 0 Å². The van der Waals surface area contributed by atoms with Gasteiger partial charge in [-0.1, -0.05) is 132 Å². The predicted molar refractivity (Wildman–Crippen MR) is 219 cm³/mol. The molecule has 52 heavy (non-hydrogen) atoms. The maximum absolute atomic E-state index is 4.55. The van der Waals surface area contributed by atoms with Gasteiger partial charge in [-0.25, -0.2) is 0 Å². The zero-order chi connectivity index (χ0) is 35.3. The van der Waals surface area contributed by atoms with Crippen LogP contribution in [0.4, 0.5) is 0 Å². The summed E-state index contributed by atoms with van der Waals surface area (Å²) in [4.78, 5) is 9.09. The summed E-state index contributed by atoms with van der Waals surface area (Å²) in [6, 6.07) is 63.1. The minimum atomic E-state index is 1.06. The fraction of sp³-hybridized carbons (Fsp3) is 0.0417. The van der Waals surface area contributed by atoms with Crippen molar-refractivity contribution in [3.05, 3.63) is 206 Å². The molecule has 0 saturated carbocycles. The number of pyridine rings is 2. The summed E-state index contributed by atoms with van der Waals surface area (Å²) in [5.41, 5.74) is 14.3. The van der Waals surface area contributed by atoms with Gasteiger partial charge >= 0.3 is 0 Å². The second-order valence-electron chi connectivity index (χ2n) is 12.9. The summed E-state index contributed by atoms with van der Waals surface area (Å²) < 4.78 is 4.54. The quantitative estimate of drug-likeness (QED) is 0.188. The van der Waals surface area contributed by atoms with Crippen LogP contribution in [0.25, 0.3) is 66.4 Å². The molecule has 0 fully saturated rings. The van der Waals surface area contributed by atoms with E-state index in [2.05, 4.69) is 191 Å². The Morgan fingerprint density at radius 3 is 1.23 bits per heavy atom. The van der Waals surface area contributed by atoms with Crippen LogP contribution in [0.2, 0.25) is 0 Å². The Morgan fingerprint density at radius 2 is 0.712 bits per heavy atom. The van der Waals surface area contributed by atoms with E-state index in [4.69, 9.17) is 0 Å². The predicted octanol–water partition coefficient (Wildman–Crippen LogP) is 12.3. The highest BCUT2D eigenvalue weighted by Gasteiger charge is 2.13. The molecule has 4 aromatic heterocycles. The molecule has 250 valence electrons. The third kappa shape index (κ3) is 6.46. The number of aromatic nitrogens is 4. The molecule has 4 nitrogen and oxygen atoms in total. The molecule has 10 rings (SSSR count). The van der Waals surface area contributed by atoms with Gasteiger partial charge in [0, 0.05) is 34.5 Å². The molecule has 0 radical (unpaired) electrons. The van der Waals surface area contributed by atoms with Crippen molar-refractivity contribution in [1.29, 1.82) is 0 Å². The maximum Gasteiger partial charge on any atom is 0.0963 e. The van der Waals surface area contributed by atoms with Crippen molar-refractivity contribution in [2.24, 2.45) is 0 Å². The van der Waals surface area contributed by atoms with Crippen LogP contribution in [0.1, 0.15) is 11.1 Å². The number of para-hydroxylation sites is 3. The van der Waals surface area contributed by atoms with Crippen LogP contribution in [0.15, 0.2) is 194 Å². The fourth-order valence-electron chi connectivity index (χ4n) is 6.77. The topological polar surface area (TPSA) is 35.6 Å². The van der Waals surface area contributed by atoms with Gasteiger partial charge in [-0.15, -0.1) is 0 Å². The molecule has 0 saturated heterocycles. The summed E-state index contributed by atoms with van der Waals surface area (Å²) in [6.45, 7) is 4.21. The highest BCUT2D eigenvalue weighted by molar-refractivity contribution is 6.07. The molecule has 0 amide bonds. The van der Waals surface area contributed by atoms with Gasteiger partial charge in [0.15, 0.2) is 0 Å². The largest absolute Gasteiger partial charge is 0.308 e. The molecule has 0 spiro atoms. The van der Waals surface area contributed by atoms with E-state index in [0.717, 1.165) is 22.1 Å². The first-order valence-electron chi connectivity index (χ1n) is 17.6. The molecular formula is C48H38N4. The van der Waals surface area contributed by atoms with Gasteiger partial charge < -0.3 is 9.13 Å². The molecule has 0 aliphatic heterocycles. The third-order valence-electron chi connectivity index (χ3n) is 9.32. The molecule has 0 atom stereocenters. The third-order valence-corrected chi connectivity index (χ3v) is 9.32. The van der Waals surface area contributed by atoms with Gasteiger partial charge in [-0.3, -0.25) is 9.97 Å². The summed E-state index contributed by atoms with van der Waals surface area (Å²) in [6.07, 6.45) is 3.71. The van der Waals surface area contributed by atoms with Crippen LogP contribution in [0, 0.1) is 13.8 Å². The smallest absolute Gasteiger partial charge is 0.0963 e. The second kappa shape index (κ2) is 14.6. The van der Waals surface area contributed by atoms with E-state index in [1.54, 1.807) is 0 Å². The molecule has 0 aliphatic carbocycles. The van der Waals surface area contributed by atoms with Crippen LogP contribution >= 0.6 is 0 Å². The van der Waals surface area contributed by atoms with E-state index in [9.17, 15) is 0 Å². The monoisotopic (exact) mass is 670 g/mol. The van der Waals surface area contributed by atoms with Gasteiger partial charge in [0.25, 0.3) is 0 Å². The normalized spacial score (nSPS) is 10.9. The highest BCUT2D eigenvalue weighted by atomic mass is 15.0. The van der Waals surface area contributed by atoms with Crippen molar-refractivity contribution in [3.8, 4) is 22.5 Å². The average Bonchev–Trinajstić information content (AvgIpc) is 3.73. The Balaban J connectivity index is 0.000000114. The van der Waals surface area contributed by atoms with E-state index in [1.807, 2.05) is 36.7 Å². The number of rotatable bonds is 3. The van der Waals surface area contributed by atoms with E-state index >= 15 is 0 Å². The first kappa shape index (κ1) is 32.4. The lowest BCUT2D eigenvalue weighted by atomic mass is 10.0. The summed E-state index contributed by atoms with van der Waals surface area (Å²) >= 11 is 0. The summed E-state index contributed by atoms with van der Waals surface area (Å²) in [5, 5.41) is 2.39. The van der Waals surface area contributed by atoms with Crippen LogP contribution < -0.4 is 0 Å². The number of benzene rings is 6. The lowest BCUT2D eigenvalue weighted by Gasteiger charge is -2.07. The van der Waals surface area contributed by atoms with Crippen LogP contribution in [-0.2, 0) is 0 Å². The highest BCUT2D eigenvalue weighted by Crippen LogP contribution is 2.31. The molecule has 6 aromatic carbocycles. The van der Waals surface area contributed by atoms with E-state index < -0.39 is 0 Å². The minimum Gasteiger partial charge on any atom is -0.308 e. The Hall–Kier alpha value is -6.78. The lowest BCUT2D eigenvalue weighted by Crippen LogP contribution is -1.93. The fourth-order valence-corrected chi connectivity index (χ4v) is 6.77. The van der Waals surface area contributed by atoms with Crippen molar-refractivity contribution in [3.63, 3.8) is 0 Å². The van der Waals surface area contributed by atoms with E-state index in [1.165, 1.54) is 55.4 Å². The first-order valence-corrected chi connectivity index (χ1v) is 17.6. The summed E-state index contributed by atoms with van der Waals surface area (Å²) in [7, 11) is 0. The van der Waals surface area contributed by atoms with Crippen LogP contribution in [0.3, 0.4) is 0 Å². The molecular weight excluding hydrogens is 633 g/mol. The van der Waals surface area contributed by atoms with Gasteiger partial charge in [-0.2, -0.15) is 0 Å². The zero-order valence-electron chi connectivity index (χ0n) is 29.3. The second-order valence-corrected chi connectivity index (χ2v) is 12.9. The van der Waals surface area contributed by atoms with Crippen molar-refractivity contribution in [2.75, 3.05) is 0 Å². The first-order chi connectivity index (χ1) is 25.7. The van der Waals surface area contributed by atoms with E-state index in [0.29, 0.717) is 0 Å². The van der Waals surface area contributed by atoms with Crippen LogP contribution in [0.5, 0.6) is 0 Å². The molecule has 10 aromatic rings. The van der Waals surface area contributed by atoms with Crippen LogP contribution in [-0.4, -0.2) is 19.1 Å². The van der Waals surface area contributed by atoms with Crippen molar-refractivity contribution in [2.45, 2.75) is 13.8 Å². The number of nitrogens with zero attached hydrogens (tertiary/aromatic N) is 4. The Morgan fingerprint density at radius 1 is 0.327 bits per heavy atom. The van der Waals surface area contributed by atoms with Crippen molar-refractivity contribution in [1.82, 2.24) is 19.1 Å². The maximum atomic E-state index is 4.55. The Labute approximate surface area is 303 Å². The van der Waals surface area contributed by atoms with Gasteiger partial charge in [-0.05, 0) is 85.6 Å². The number of hydrogen-bond acceptors (Lipinski definition) is 2. The number of hydrogen-bond donors (Lipinski definition) is 0. The zero-order valence-corrected chi connectivity index (χ0v) is 29.3. The SMILES string of the molecule is Cc1ccc(-c2ccccc2)cc1.Cc1ccc(-n2c3ccccc3c3ncccc32)cc1.c1ccc(-n2c3ccccc3c3ncccc32)cc1. The number of aryl methyl sites for hydroxylation is 2. The Bertz CT molecular complexity index is 2620. The summed E-state index contributed by atoms with van der Waals surface area (Å²) in [5.74, 6) is 0. The molecule has 0 bridgehead atoms. The van der Waals surface area contributed by atoms with E-state index in [-0.39, 0.29) is 0 Å². The minimum absolute atomic E-state index is 1.06. The Kier molecular flexibility index (Phi) is 9.10. The lowest BCUT2D eigenvalue weighted by molar-refractivity contribution is 1.17. The van der Waals surface area contributed by atoms with Crippen molar-refractivity contribution >= 4 is 43.9 Å².